The zero-order valence-electron chi connectivity index (χ0n) is 38.9. The number of nitrogens with zero attached hydrogens (tertiary/aromatic N) is 2. The van der Waals surface area contributed by atoms with E-state index in [1.165, 1.54) is 24.0 Å². The minimum atomic E-state index is -0.907. The first-order chi connectivity index (χ1) is 30.9. The van der Waals surface area contributed by atoms with Crippen LogP contribution in [-0.2, 0) is 51.0 Å². The lowest BCUT2D eigenvalue weighted by atomic mass is 9.82. The number of hydrogen-bond acceptors (Lipinski definition) is 12. The number of ether oxygens (including phenoxy) is 4. The second-order valence-electron chi connectivity index (χ2n) is 19.2. The third kappa shape index (κ3) is 10.8. The normalized spacial score (nSPS) is 21.8. The van der Waals surface area contributed by atoms with Crippen molar-refractivity contribution in [2.24, 2.45) is 29.1 Å². The summed E-state index contributed by atoms with van der Waals surface area (Å²) in [5.74, 6) is -3.49. The number of ketones is 2. The summed E-state index contributed by atoms with van der Waals surface area (Å²) in [6.45, 7) is 10.6. The average Bonchev–Trinajstić information content (AvgIpc) is 4.10. The molecule has 0 bridgehead atoms. The van der Waals surface area contributed by atoms with Crippen molar-refractivity contribution in [1.29, 1.82) is 0 Å². The minimum Gasteiger partial charge on any atom is -0.456 e. The predicted molar refractivity (Wildman–Crippen MR) is 238 cm³/mol. The lowest BCUT2D eigenvalue weighted by Gasteiger charge is -2.29. The first-order valence-corrected chi connectivity index (χ1v) is 22.8. The van der Waals surface area contributed by atoms with Crippen molar-refractivity contribution in [2.45, 2.75) is 117 Å². The van der Waals surface area contributed by atoms with Gasteiger partial charge in [0, 0.05) is 24.2 Å². The lowest BCUT2D eigenvalue weighted by molar-refractivity contribution is -0.153. The zero-order chi connectivity index (χ0) is 47.3. The quantitative estimate of drug-likeness (QED) is 0.126. The molecule has 0 radical (unpaired) electrons. The number of amides is 4. The molecule has 2 aromatic rings. The van der Waals surface area contributed by atoms with Gasteiger partial charge in [-0.3, -0.25) is 19.2 Å². The molecule has 6 rings (SSSR count). The molecule has 1 saturated carbocycles. The van der Waals surface area contributed by atoms with Gasteiger partial charge < -0.3 is 39.4 Å². The topological polar surface area (TPSA) is 204 Å². The van der Waals surface area contributed by atoms with Gasteiger partial charge in [0.05, 0.1) is 14.2 Å². The summed E-state index contributed by atoms with van der Waals surface area (Å²) in [5.41, 5.74) is 4.66. The fraction of sp³-hybridized carbons (Fsp3) is 0.592. The highest BCUT2D eigenvalue weighted by Crippen LogP contribution is 2.51. The smallest absolute Gasteiger partial charge is 0.407 e. The van der Waals surface area contributed by atoms with Crippen molar-refractivity contribution in [3.05, 3.63) is 58.7 Å². The Morgan fingerprint density at radius 3 is 1.57 bits per heavy atom. The predicted octanol–water partition coefficient (Wildman–Crippen LogP) is 5.70. The van der Waals surface area contributed by atoms with Gasteiger partial charge in [0.2, 0.25) is 17.6 Å². The Kier molecular flexibility index (Phi) is 15.4. The van der Waals surface area contributed by atoms with Crippen molar-refractivity contribution in [3.63, 3.8) is 0 Å². The van der Waals surface area contributed by atoms with Crippen LogP contribution in [0.3, 0.4) is 0 Å². The monoisotopic (exact) mass is 900 g/mol. The number of carbonyl (C=O) groups is 8. The van der Waals surface area contributed by atoms with Crippen LogP contribution >= 0.6 is 0 Å². The Hall–Kier alpha value is -5.80. The van der Waals surface area contributed by atoms with E-state index < -0.39 is 79.1 Å². The molecule has 0 aromatic heterocycles. The van der Waals surface area contributed by atoms with Crippen LogP contribution in [0.2, 0.25) is 0 Å². The first-order valence-electron chi connectivity index (χ1n) is 22.8. The van der Waals surface area contributed by atoms with E-state index in [0.29, 0.717) is 37.1 Å². The number of nitrogens with one attached hydrogen (secondary N) is 2. The summed E-state index contributed by atoms with van der Waals surface area (Å²) in [6.07, 6.45) is 5.02. The van der Waals surface area contributed by atoms with Crippen molar-refractivity contribution < 1.29 is 57.3 Å². The zero-order valence-corrected chi connectivity index (χ0v) is 38.9. The van der Waals surface area contributed by atoms with Crippen LogP contribution in [-0.4, -0.2) is 122 Å². The third-order valence-corrected chi connectivity index (χ3v) is 13.6. The average molecular weight is 901 g/mol. The van der Waals surface area contributed by atoms with E-state index in [2.05, 4.69) is 10.6 Å². The molecule has 65 heavy (non-hydrogen) atoms. The number of likely N-dealkylation sites (tertiary alicyclic amines) is 2. The molecule has 6 atom stereocenters. The number of alkyl carbamates (subject to hydrolysis) is 2. The molecule has 2 aliphatic carbocycles. The van der Waals surface area contributed by atoms with E-state index in [1.807, 2.05) is 32.0 Å². The van der Waals surface area contributed by atoms with Gasteiger partial charge in [0.15, 0.2) is 19.0 Å². The maximum absolute atomic E-state index is 14.0. The second-order valence-corrected chi connectivity index (χ2v) is 19.2. The number of carbonyl (C=O) groups excluding carboxylic acids is 8. The molecule has 4 amide bonds. The SMILES string of the molecule is COC(=O)N[C@H](C(=O)N1C[C@@H](C)C[C@H]1C(=O)OCC(=O)c1ccc(-c2ccc(C(=O)COC(=O)[C@@H]3C[C@H](C)CN3C(=O)[C@@H](NC(=O)OC)C(C)C)c3c2CC2(CCCC2)C3)cc1)C(C)C. The summed E-state index contributed by atoms with van der Waals surface area (Å²) in [6, 6.07) is 7.11. The summed E-state index contributed by atoms with van der Waals surface area (Å²) >= 11 is 0. The Morgan fingerprint density at radius 2 is 1.11 bits per heavy atom. The van der Waals surface area contributed by atoms with Crippen LogP contribution in [0.4, 0.5) is 9.59 Å². The molecule has 0 unspecified atom stereocenters. The Labute approximate surface area is 380 Å². The first kappa shape index (κ1) is 48.7. The molecular formula is C49H64N4O12. The van der Waals surface area contributed by atoms with Gasteiger partial charge in [-0.1, -0.05) is 90.8 Å². The Morgan fingerprint density at radius 1 is 0.646 bits per heavy atom. The van der Waals surface area contributed by atoms with Gasteiger partial charge in [-0.25, -0.2) is 19.2 Å². The van der Waals surface area contributed by atoms with E-state index in [-0.39, 0.29) is 34.9 Å². The summed E-state index contributed by atoms with van der Waals surface area (Å²) < 4.78 is 20.6. The molecule has 2 aromatic carbocycles. The van der Waals surface area contributed by atoms with Crippen molar-refractivity contribution in [3.8, 4) is 11.1 Å². The maximum atomic E-state index is 14.0. The van der Waals surface area contributed by atoms with Crippen molar-refractivity contribution >= 4 is 47.5 Å². The van der Waals surface area contributed by atoms with Crippen molar-refractivity contribution in [1.82, 2.24) is 20.4 Å². The van der Waals surface area contributed by atoms with Gasteiger partial charge in [0.1, 0.15) is 24.2 Å². The van der Waals surface area contributed by atoms with E-state index in [9.17, 15) is 38.4 Å². The van der Waals surface area contributed by atoms with Gasteiger partial charge in [0.25, 0.3) is 0 Å². The van der Waals surface area contributed by atoms with Gasteiger partial charge in [-0.2, -0.15) is 0 Å². The summed E-state index contributed by atoms with van der Waals surface area (Å²) in [7, 11) is 2.42. The number of esters is 2. The maximum Gasteiger partial charge on any atom is 0.407 e. The van der Waals surface area contributed by atoms with Crippen LogP contribution < -0.4 is 10.6 Å². The summed E-state index contributed by atoms with van der Waals surface area (Å²) in [5, 5.41) is 5.14. The molecule has 2 N–H and O–H groups in total. The Bertz CT molecular complexity index is 2160. The molecule has 352 valence electrons. The molecule has 2 heterocycles. The number of Topliss-reactive ketones (excluding diaryl/α,β-unsaturated/α-hetero) is 2. The van der Waals surface area contributed by atoms with E-state index in [4.69, 9.17) is 18.9 Å². The molecule has 1 spiro atoms. The van der Waals surface area contributed by atoms with Crippen LogP contribution in [0.15, 0.2) is 36.4 Å². The largest absolute Gasteiger partial charge is 0.456 e. The Balaban J connectivity index is 1.12. The van der Waals surface area contributed by atoms with Crippen LogP contribution in [0, 0.1) is 29.1 Å². The molecule has 4 aliphatic rings. The van der Waals surface area contributed by atoms with Crippen molar-refractivity contribution in [2.75, 3.05) is 40.5 Å². The third-order valence-electron chi connectivity index (χ3n) is 13.6. The highest BCUT2D eigenvalue weighted by atomic mass is 16.6. The number of hydrogen-bond donors (Lipinski definition) is 2. The fourth-order valence-corrected chi connectivity index (χ4v) is 10.2. The van der Waals surface area contributed by atoms with Crippen LogP contribution in [0.5, 0.6) is 0 Å². The van der Waals surface area contributed by atoms with Gasteiger partial charge >= 0.3 is 24.1 Å². The second kappa shape index (κ2) is 20.6. The fourth-order valence-electron chi connectivity index (χ4n) is 10.2. The molecule has 2 aliphatic heterocycles. The standard InChI is InChI=1S/C49H64N4O12/c1-27(2)41(50-47(60)62-7)43(56)52-23-29(5)19-37(52)45(58)64-25-39(54)32-13-11-31(12-14-32)33-15-16-34(36-22-49(21-35(33)36)17-9-10-18-49)40(55)26-65-46(59)38-20-30(6)24-53(38)44(57)42(28(3)4)51-48(61)63-8/h11-16,27-30,37-38,41-42H,9-10,17-26H2,1-8H3,(H,50,60)(H,51,61)/t29-,30-,37-,38-,41-,42-/m0/s1. The molecule has 16 nitrogen and oxygen atoms in total. The summed E-state index contributed by atoms with van der Waals surface area (Å²) in [4.78, 5) is 108. The number of rotatable bonds is 15. The molecular weight excluding hydrogens is 837 g/mol. The number of fused-ring (bicyclic) bond motifs is 1. The van der Waals surface area contributed by atoms with E-state index in [0.717, 1.165) is 60.8 Å². The molecule has 2 saturated heterocycles. The highest BCUT2D eigenvalue weighted by Gasteiger charge is 2.45. The minimum absolute atomic E-state index is 0.000222. The van der Waals surface area contributed by atoms with Gasteiger partial charge in [-0.15, -0.1) is 0 Å². The highest BCUT2D eigenvalue weighted by molar-refractivity contribution is 6.02. The van der Waals surface area contributed by atoms with Crippen LogP contribution in [0.25, 0.3) is 11.1 Å². The lowest BCUT2D eigenvalue weighted by Crippen LogP contribution is -2.54. The molecule has 16 heteroatoms. The van der Waals surface area contributed by atoms with Crippen LogP contribution in [0.1, 0.15) is 112 Å². The number of benzene rings is 2. The number of methoxy groups -OCH3 is 2. The van der Waals surface area contributed by atoms with Gasteiger partial charge in [-0.05, 0) is 89.9 Å². The molecule has 3 fully saturated rings. The van der Waals surface area contributed by atoms with E-state index in [1.54, 1.807) is 45.9 Å². The van der Waals surface area contributed by atoms with E-state index >= 15 is 0 Å².